The highest BCUT2D eigenvalue weighted by atomic mass is 16.3. The average Bonchev–Trinajstić information content (AvgIpc) is 2.37. The Balaban J connectivity index is 2.77. The zero-order valence-electron chi connectivity index (χ0n) is 10.4. The second-order valence-electron chi connectivity index (χ2n) is 4.70. The summed E-state index contributed by atoms with van der Waals surface area (Å²) in [4.78, 5) is 0. The lowest BCUT2D eigenvalue weighted by Crippen LogP contribution is -2.03. The summed E-state index contributed by atoms with van der Waals surface area (Å²) in [5.74, 6) is 0.636. The summed E-state index contributed by atoms with van der Waals surface area (Å²) in [6.07, 6.45) is 1.51. The summed E-state index contributed by atoms with van der Waals surface area (Å²) < 4.78 is 1.84. The molecule has 1 N–H and O–H groups in total. The molecule has 1 atom stereocenters. The van der Waals surface area contributed by atoms with Gasteiger partial charge in [0.2, 0.25) is 0 Å². The van der Waals surface area contributed by atoms with Crippen LogP contribution in [0.15, 0.2) is 0 Å². The molecule has 0 fully saturated rings. The van der Waals surface area contributed by atoms with Crippen molar-refractivity contribution in [1.82, 2.24) is 9.78 Å². The van der Waals surface area contributed by atoms with Crippen molar-refractivity contribution in [2.45, 2.75) is 46.6 Å². The Kier molecular flexibility index (Phi) is 3.91. The highest BCUT2D eigenvalue weighted by molar-refractivity contribution is 5.26. The Morgan fingerprint density at radius 1 is 1.27 bits per heavy atom. The van der Waals surface area contributed by atoms with Gasteiger partial charge in [-0.1, -0.05) is 13.8 Å². The normalized spacial score (nSPS) is 13.5. The summed E-state index contributed by atoms with van der Waals surface area (Å²) in [5, 5.41) is 14.4. The first-order chi connectivity index (χ1) is 6.93. The number of nitrogens with zero attached hydrogens (tertiary/aromatic N) is 2. The lowest BCUT2D eigenvalue weighted by molar-refractivity contribution is 0.157. The van der Waals surface area contributed by atoms with Crippen molar-refractivity contribution < 1.29 is 5.11 Å². The van der Waals surface area contributed by atoms with Crippen LogP contribution in [-0.2, 0) is 7.05 Å². The predicted octanol–water partition coefficient (Wildman–Crippen LogP) is 2.51. The van der Waals surface area contributed by atoms with E-state index in [-0.39, 0.29) is 6.10 Å². The Morgan fingerprint density at radius 3 is 2.27 bits per heavy atom. The van der Waals surface area contributed by atoms with Crippen LogP contribution in [-0.4, -0.2) is 14.9 Å². The highest BCUT2D eigenvalue weighted by Gasteiger charge is 2.17. The van der Waals surface area contributed by atoms with Crippen molar-refractivity contribution in [3.63, 3.8) is 0 Å². The Labute approximate surface area is 92.1 Å². The maximum absolute atomic E-state index is 10.1. The minimum Gasteiger partial charge on any atom is -0.388 e. The minimum atomic E-state index is -0.360. The van der Waals surface area contributed by atoms with Gasteiger partial charge in [0.05, 0.1) is 11.8 Å². The van der Waals surface area contributed by atoms with Gasteiger partial charge in [-0.15, -0.1) is 0 Å². The zero-order chi connectivity index (χ0) is 11.6. The highest BCUT2D eigenvalue weighted by Crippen LogP contribution is 2.25. The van der Waals surface area contributed by atoms with E-state index in [4.69, 9.17) is 0 Å². The van der Waals surface area contributed by atoms with Crippen molar-refractivity contribution in [1.29, 1.82) is 0 Å². The van der Waals surface area contributed by atoms with Gasteiger partial charge < -0.3 is 5.11 Å². The van der Waals surface area contributed by atoms with Gasteiger partial charge in [0.15, 0.2) is 0 Å². The van der Waals surface area contributed by atoms with Crippen LogP contribution in [0.5, 0.6) is 0 Å². The van der Waals surface area contributed by atoms with Gasteiger partial charge >= 0.3 is 0 Å². The molecule has 15 heavy (non-hydrogen) atoms. The number of aliphatic hydroxyl groups excluding tert-OH is 1. The summed E-state index contributed by atoms with van der Waals surface area (Å²) in [6.45, 7) is 8.32. The maximum Gasteiger partial charge on any atom is 0.0826 e. The van der Waals surface area contributed by atoms with Crippen LogP contribution in [0.1, 0.15) is 49.7 Å². The van der Waals surface area contributed by atoms with E-state index in [1.54, 1.807) is 0 Å². The molecule has 3 heteroatoms. The fourth-order valence-corrected chi connectivity index (χ4v) is 1.91. The molecule has 0 spiro atoms. The van der Waals surface area contributed by atoms with E-state index in [9.17, 15) is 5.11 Å². The van der Waals surface area contributed by atoms with Gasteiger partial charge in [-0.05, 0) is 32.6 Å². The number of rotatable bonds is 4. The lowest BCUT2D eigenvalue weighted by atomic mass is 9.99. The summed E-state index contributed by atoms with van der Waals surface area (Å²) in [6, 6.07) is 0. The number of aryl methyl sites for hydroxylation is 2. The molecule has 0 saturated heterocycles. The zero-order valence-corrected chi connectivity index (χ0v) is 10.4. The van der Waals surface area contributed by atoms with E-state index in [0.717, 1.165) is 29.8 Å². The molecule has 0 amide bonds. The van der Waals surface area contributed by atoms with Gasteiger partial charge in [0.25, 0.3) is 0 Å². The fourth-order valence-electron chi connectivity index (χ4n) is 1.91. The van der Waals surface area contributed by atoms with E-state index in [1.807, 2.05) is 25.6 Å². The standard InChI is InChI=1S/C12H22N2O/c1-8(2)6-7-11(15)12-9(3)13-14(5)10(12)4/h8,11,15H,6-7H2,1-5H3. The monoisotopic (exact) mass is 210 g/mol. The van der Waals surface area contributed by atoms with Crippen LogP contribution < -0.4 is 0 Å². The molecule has 1 aromatic heterocycles. The maximum atomic E-state index is 10.1. The average molecular weight is 210 g/mol. The van der Waals surface area contributed by atoms with E-state index in [1.165, 1.54) is 0 Å². The molecular formula is C12H22N2O. The van der Waals surface area contributed by atoms with Gasteiger partial charge in [0.1, 0.15) is 0 Å². The minimum absolute atomic E-state index is 0.360. The Hall–Kier alpha value is -0.830. The summed E-state index contributed by atoms with van der Waals surface area (Å²) in [5.41, 5.74) is 3.04. The topological polar surface area (TPSA) is 38.0 Å². The van der Waals surface area contributed by atoms with Crippen molar-refractivity contribution in [3.05, 3.63) is 17.0 Å². The molecule has 1 unspecified atom stereocenters. The quantitative estimate of drug-likeness (QED) is 0.829. The molecule has 0 aliphatic carbocycles. The van der Waals surface area contributed by atoms with Crippen LogP contribution >= 0.6 is 0 Å². The largest absolute Gasteiger partial charge is 0.388 e. The molecule has 1 rings (SSSR count). The number of aromatic nitrogens is 2. The third-order valence-corrected chi connectivity index (χ3v) is 2.92. The van der Waals surface area contributed by atoms with Crippen LogP contribution in [0, 0.1) is 19.8 Å². The molecule has 1 aromatic rings. The van der Waals surface area contributed by atoms with E-state index >= 15 is 0 Å². The van der Waals surface area contributed by atoms with E-state index in [2.05, 4.69) is 18.9 Å². The van der Waals surface area contributed by atoms with Gasteiger partial charge in [-0.3, -0.25) is 4.68 Å². The first-order valence-electron chi connectivity index (χ1n) is 5.61. The molecule has 0 aliphatic heterocycles. The molecular weight excluding hydrogens is 188 g/mol. The van der Waals surface area contributed by atoms with Crippen molar-refractivity contribution in [3.8, 4) is 0 Å². The molecule has 0 bridgehead atoms. The van der Waals surface area contributed by atoms with Crippen LogP contribution in [0.3, 0.4) is 0 Å². The van der Waals surface area contributed by atoms with Crippen LogP contribution in [0.2, 0.25) is 0 Å². The molecule has 0 radical (unpaired) electrons. The fraction of sp³-hybridized carbons (Fsp3) is 0.750. The number of hydrogen-bond donors (Lipinski definition) is 1. The van der Waals surface area contributed by atoms with Crippen molar-refractivity contribution in [2.24, 2.45) is 13.0 Å². The first kappa shape index (κ1) is 12.2. The lowest BCUT2D eigenvalue weighted by Gasteiger charge is -2.12. The second-order valence-corrected chi connectivity index (χ2v) is 4.70. The van der Waals surface area contributed by atoms with Gasteiger partial charge in [-0.2, -0.15) is 5.10 Å². The molecule has 0 saturated carbocycles. The van der Waals surface area contributed by atoms with Gasteiger partial charge in [0, 0.05) is 18.3 Å². The van der Waals surface area contributed by atoms with Crippen molar-refractivity contribution in [2.75, 3.05) is 0 Å². The number of aliphatic hydroxyl groups is 1. The van der Waals surface area contributed by atoms with Gasteiger partial charge in [-0.25, -0.2) is 0 Å². The van der Waals surface area contributed by atoms with Crippen LogP contribution in [0.25, 0.3) is 0 Å². The smallest absolute Gasteiger partial charge is 0.0826 e. The predicted molar refractivity (Wildman–Crippen MR) is 61.7 cm³/mol. The Bertz CT molecular complexity index is 329. The Morgan fingerprint density at radius 2 is 1.87 bits per heavy atom. The van der Waals surface area contributed by atoms with Crippen molar-refractivity contribution >= 4 is 0 Å². The molecule has 0 aromatic carbocycles. The molecule has 3 nitrogen and oxygen atoms in total. The third kappa shape index (κ3) is 2.81. The summed E-state index contributed by atoms with van der Waals surface area (Å²) >= 11 is 0. The summed E-state index contributed by atoms with van der Waals surface area (Å²) in [7, 11) is 1.92. The first-order valence-corrected chi connectivity index (χ1v) is 5.61. The molecule has 0 aliphatic rings. The van der Waals surface area contributed by atoms with E-state index < -0.39 is 0 Å². The van der Waals surface area contributed by atoms with Crippen LogP contribution in [0.4, 0.5) is 0 Å². The third-order valence-electron chi connectivity index (χ3n) is 2.92. The van der Waals surface area contributed by atoms with E-state index in [0.29, 0.717) is 5.92 Å². The second kappa shape index (κ2) is 4.79. The molecule has 1 heterocycles. The molecule has 86 valence electrons. The SMILES string of the molecule is Cc1nn(C)c(C)c1C(O)CCC(C)C. The number of hydrogen-bond acceptors (Lipinski definition) is 2.